The van der Waals surface area contributed by atoms with Crippen molar-refractivity contribution < 1.29 is 13.2 Å². The third-order valence-electron chi connectivity index (χ3n) is 3.07. The smallest absolute Gasteiger partial charge is 0.262 e. The van der Waals surface area contributed by atoms with Gasteiger partial charge in [0, 0.05) is 0 Å². The second-order valence-corrected chi connectivity index (χ2v) is 6.44. The number of hydrogen-bond acceptors (Lipinski definition) is 3. The maximum absolute atomic E-state index is 12.5. The second-order valence-electron chi connectivity index (χ2n) is 4.78. The molecule has 6 heteroatoms. The topological polar surface area (TPSA) is 89.3 Å². The van der Waals surface area contributed by atoms with Gasteiger partial charge in [0.15, 0.2) is 0 Å². The minimum absolute atomic E-state index is 0.131. The molecule has 0 saturated heterocycles. The number of nitrogens with two attached hydrogens (primary N) is 1. The molecule has 0 aliphatic rings. The molecule has 2 aromatic rings. The van der Waals surface area contributed by atoms with Gasteiger partial charge in [-0.05, 0) is 43.2 Å². The van der Waals surface area contributed by atoms with E-state index in [1.807, 2.05) is 13.0 Å². The molecular formula is C15H16N2O3S. The van der Waals surface area contributed by atoms with E-state index < -0.39 is 15.9 Å². The van der Waals surface area contributed by atoms with Gasteiger partial charge in [0.2, 0.25) is 0 Å². The summed E-state index contributed by atoms with van der Waals surface area (Å²) in [5, 5.41) is 0. The van der Waals surface area contributed by atoms with Crippen LogP contribution in [-0.4, -0.2) is 14.3 Å². The normalized spacial score (nSPS) is 11.1. The molecule has 0 heterocycles. The van der Waals surface area contributed by atoms with E-state index >= 15 is 0 Å². The van der Waals surface area contributed by atoms with Crippen molar-refractivity contribution in [1.82, 2.24) is 0 Å². The lowest BCUT2D eigenvalue weighted by molar-refractivity contribution is 0.100. The molecule has 0 saturated carbocycles. The molecule has 0 bridgehead atoms. The summed E-state index contributed by atoms with van der Waals surface area (Å²) in [6.07, 6.45) is 0. The maximum Gasteiger partial charge on any atom is 0.262 e. The van der Waals surface area contributed by atoms with Crippen molar-refractivity contribution in [1.29, 1.82) is 0 Å². The first kappa shape index (κ1) is 15.1. The molecule has 0 unspecified atom stereocenters. The molecule has 0 aliphatic heterocycles. The van der Waals surface area contributed by atoms with E-state index in [0.29, 0.717) is 5.56 Å². The standard InChI is InChI=1S/C15H16N2O3S/c1-10-7-8-11(2)14(9-10)21(19,20)17-13-6-4-3-5-12(13)15(16)18/h3-9,17H,1-2H3,(H2,16,18). The van der Waals surface area contributed by atoms with Crippen LogP contribution < -0.4 is 10.5 Å². The third kappa shape index (κ3) is 3.22. The zero-order valence-corrected chi connectivity index (χ0v) is 12.6. The lowest BCUT2D eigenvalue weighted by atomic mass is 10.2. The number of sulfonamides is 1. The third-order valence-corrected chi connectivity index (χ3v) is 4.58. The number of carbonyl (C=O) groups excluding carboxylic acids is 1. The zero-order valence-electron chi connectivity index (χ0n) is 11.8. The lowest BCUT2D eigenvalue weighted by Crippen LogP contribution is -2.19. The largest absolute Gasteiger partial charge is 0.366 e. The highest BCUT2D eigenvalue weighted by molar-refractivity contribution is 7.92. The van der Waals surface area contributed by atoms with Gasteiger partial charge in [-0.1, -0.05) is 24.3 Å². The van der Waals surface area contributed by atoms with Crippen LogP contribution in [0.2, 0.25) is 0 Å². The van der Waals surface area contributed by atoms with Crippen molar-refractivity contribution in [3.05, 3.63) is 59.2 Å². The average Bonchev–Trinajstić information content (AvgIpc) is 2.41. The molecular weight excluding hydrogens is 288 g/mol. The summed E-state index contributed by atoms with van der Waals surface area (Å²) in [5.74, 6) is -0.686. The van der Waals surface area contributed by atoms with Crippen molar-refractivity contribution in [2.45, 2.75) is 18.7 Å². The van der Waals surface area contributed by atoms with Gasteiger partial charge in [-0.25, -0.2) is 8.42 Å². The SMILES string of the molecule is Cc1ccc(C)c(S(=O)(=O)Nc2ccccc2C(N)=O)c1. The van der Waals surface area contributed by atoms with Crippen LogP contribution in [0.5, 0.6) is 0 Å². The Morgan fingerprint density at radius 2 is 1.76 bits per heavy atom. The molecule has 21 heavy (non-hydrogen) atoms. The minimum atomic E-state index is -3.78. The summed E-state index contributed by atoms with van der Waals surface area (Å²) in [6.45, 7) is 3.53. The fourth-order valence-electron chi connectivity index (χ4n) is 1.98. The monoisotopic (exact) mass is 304 g/mol. The Labute approximate surface area is 123 Å². The number of aryl methyl sites for hydroxylation is 2. The first-order chi connectivity index (χ1) is 9.81. The van der Waals surface area contributed by atoms with E-state index in [2.05, 4.69) is 4.72 Å². The van der Waals surface area contributed by atoms with Crippen molar-refractivity contribution >= 4 is 21.6 Å². The highest BCUT2D eigenvalue weighted by atomic mass is 32.2. The summed E-state index contributed by atoms with van der Waals surface area (Å²) >= 11 is 0. The van der Waals surface area contributed by atoms with E-state index in [4.69, 9.17) is 5.73 Å². The number of para-hydroxylation sites is 1. The number of rotatable bonds is 4. The number of anilines is 1. The van der Waals surface area contributed by atoms with Crippen LogP contribution in [0.15, 0.2) is 47.4 Å². The van der Waals surface area contributed by atoms with E-state index in [1.165, 1.54) is 12.1 Å². The molecule has 5 nitrogen and oxygen atoms in total. The number of primary amides is 1. The Bertz CT molecular complexity index is 798. The quantitative estimate of drug-likeness (QED) is 0.907. The molecule has 2 rings (SSSR count). The number of benzene rings is 2. The first-order valence-corrected chi connectivity index (χ1v) is 7.78. The van der Waals surface area contributed by atoms with E-state index in [1.54, 1.807) is 31.2 Å². The van der Waals surface area contributed by atoms with Gasteiger partial charge >= 0.3 is 0 Å². The number of amides is 1. The Morgan fingerprint density at radius 1 is 1.10 bits per heavy atom. The highest BCUT2D eigenvalue weighted by Crippen LogP contribution is 2.22. The number of carbonyl (C=O) groups is 1. The molecule has 2 aromatic carbocycles. The van der Waals surface area contributed by atoms with E-state index in [9.17, 15) is 13.2 Å². The zero-order chi connectivity index (χ0) is 15.6. The van der Waals surface area contributed by atoms with Crippen LogP contribution in [0.1, 0.15) is 21.5 Å². The van der Waals surface area contributed by atoms with Crippen LogP contribution in [0.4, 0.5) is 5.69 Å². The molecule has 0 spiro atoms. The number of nitrogens with one attached hydrogen (secondary N) is 1. The Kier molecular flexibility index (Phi) is 3.99. The van der Waals surface area contributed by atoms with Gasteiger partial charge in [-0.2, -0.15) is 0 Å². The molecule has 0 atom stereocenters. The van der Waals surface area contributed by atoms with Crippen LogP contribution >= 0.6 is 0 Å². The Morgan fingerprint density at radius 3 is 2.43 bits per heavy atom. The van der Waals surface area contributed by atoms with Gasteiger partial charge in [0.1, 0.15) is 0 Å². The predicted octanol–water partition coefficient (Wildman–Crippen LogP) is 2.20. The van der Waals surface area contributed by atoms with Gasteiger partial charge in [0.25, 0.3) is 15.9 Å². The minimum Gasteiger partial charge on any atom is -0.366 e. The summed E-state index contributed by atoms with van der Waals surface area (Å²) < 4.78 is 27.4. The van der Waals surface area contributed by atoms with Crippen LogP contribution in [0.25, 0.3) is 0 Å². The van der Waals surface area contributed by atoms with Crippen molar-refractivity contribution in [2.75, 3.05) is 4.72 Å². The van der Waals surface area contributed by atoms with E-state index in [-0.39, 0.29) is 16.1 Å². The van der Waals surface area contributed by atoms with Crippen LogP contribution in [-0.2, 0) is 10.0 Å². The number of hydrogen-bond donors (Lipinski definition) is 2. The molecule has 0 aromatic heterocycles. The second kappa shape index (κ2) is 5.57. The van der Waals surface area contributed by atoms with Gasteiger partial charge in [0.05, 0.1) is 16.1 Å². The van der Waals surface area contributed by atoms with Crippen molar-refractivity contribution in [3.63, 3.8) is 0 Å². The summed E-state index contributed by atoms with van der Waals surface area (Å²) in [7, 11) is -3.78. The summed E-state index contributed by atoms with van der Waals surface area (Å²) in [4.78, 5) is 11.5. The van der Waals surface area contributed by atoms with E-state index in [0.717, 1.165) is 5.56 Å². The molecule has 0 radical (unpaired) electrons. The average molecular weight is 304 g/mol. The molecule has 110 valence electrons. The Hall–Kier alpha value is -2.34. The molecule has 1 amide bonds. The first-order valence-electron chi connectivity index (χ1n) is 6.30. The fourth-order valence-corrected chi connectivity index (χ4v) is 3.39. The molecule has 0 fully saturated rings. The Balaban J connectivity index is 2.48. The van der Waals surface area contributed by atoms with Crippen molar-refractivity contribution in [3.8, 4) is 0 Å². The van der Waals surface area contributed by atoms with Gasteiger partial charge in [-0.15, -0.1) is 0 Å². The maximum atomic E-state index is 12.5. The van der Waals surface area contributed by atoms with Gasteiger partial charge < -0.3 is 5.73 Å². The fraction of sp³-hybridized carbons (Fsp3) is 0.133. The van der Waals surface area contributed by atoms with Gasteiger partial charge in [-0.3, -0.25) is 9.52 Å². The molecule has 3 N–H and O–H groups in total. The van der Waals surface area contributed by atoms with Crippen LogP contribution in [0.3, 0.4) is 0 Å². The lowest BCUT2D eigenvalue weighted by Gasteiger charge is -2.13. The van der Waals surface area contributed by atoms with Crippen molar-refractivity contribution in [2.24, 2.45) is 5.73 Å². The molecule has 0 aliphatic carbocycles. The summed E-state index contributed by atoms with van der Waals surface area (Å²) in [6, 6.07) is 11.4. The predicted molar refractivity (Wildman–Crippen MR) is 81.7 cm³/mol. The van der Waals surface area contributed by atoms with Crippen LogP contribution in [0, 0.1) is 13.8 Å². The summed E-state index contributed by atoms with van der Waals surface area (Å²) in [5.41, 5.74) is 7.02. The highest BCUT2D eigenvalue weighted by Gasteiger charge is 2.19.